The van der Waals surface area contributed by atoms with Crippen molar-refractivity contribution in [2.24, 2.45) is 0 Å². The van der Waals surface area contributed by atoms with Crippen LogP contribution in [0.4, 0.5) is 11.6 Å². The van der Waals surface area contributed by atoms with Crippen LogP contribution in [0.2, 0.25) is 0 Å². The van der Waals surface area contributed by atoms with E-state index < -0.39 is 0 Å². The van der Waals surface area contributed by atoms with Crippen LogP contribution >= 0.6 is 0 Å². The quantitative estimate of drug-likeness (QED) is 0.792. The minimum atomic E-state index is 0.351. The van der Waals surface area contributed by atoms with Gasteiger partial charge in [-0.05, 0) is 39.0 Å². The van der Waals surface area contributed by atoms with E-state index in [1.54, 1.807) is 4.68 Å². The minimum Gasteiger partial charge on any atom is -0.322 e. The third-order valence-corrected chi connectivity index (χ3v) is 2.98. The minimum absolute atomic E-state index is 0.351. The number of anilines is 2. The highest BCUT2D eigenvalue weighted by atomic mass is 15.5. The zero-order valence-corrected chi connectivity index (χ0v) is 12.1. The van der Waals surface area contributed by atoms with E-state index >= 15 is 0 Å². The molecule has 0 saturated heterocycles. The molecule has 1 aromatic carbocycles. The Morgan fingerprint density at radius 2 is 1.57 bits per heavy atom. The smallest absolute Gasteiger partial charge is 0.289 e. The van der Waals surface area contributed by atoms with Crippen LogP contribution in [0.25, 0.3) is 5.95 Å². The van der Waals surface area contributed by atoms with Crippen molar-refractivity contribution in [1.82, 2.24) is 30.2 Å². The molecule has 2 heterocycles. The highest BCUT2D eigenvalue weighted by Gasteiger charge is 2.08. The molecule has 0 aliphatic rings. The van der Waals surface area contributed by atoms with Crippen LogP contribution in [0.15, 0.2) is 30.3 Å². The molecule has 1 N–H and O–H groups in total. The number of nitrogens with one attached hydrogen (secondary N) is 1. The topological polar surface area (TPSA) is 81.4 Å². The number of aromatic nitrogens is 6. The lowest BCUT2D eigenvalue weighted by Crippen LogP contribution is -2.10. The maximum Gasteiger partial charge on any atom is 0.289 e. The molecule has 3 rings (SSSR count). The second kappa shape index (κ2) is 5.28. The Hall–Kier alpha value is -2.83. The molecule has 2 aromatic heterocycles. The van der Waals surface area contributed by atoms with Gasteiger partial charge in [-0.15, -0.1) is 20.4 Å². The summed E-state index contributed by atoms with van der Waals surface area (Å²) >= 11 is 0. The van der Waals surface area contributed by atoms with Gasteiger partial charge >= 0.3 is 0 Å². The molecule has 0 bridgehead atoms. The Morgan fingerprint density at radius 1 is 0.905 bits per heavy atom. The number of aryl methyl sites for hydroxylation is 3. The van der Waals surface area contributed by atoms with E-state index in [0.717, 1.165) is 17.1 Å². The van der Waals surface area contributed by atoms with E-state index in [1.165, 1.54) is 5.56 Å². The highest BCUT2D eigenvalue weighted by molar-refractivity contribution is 5.52. The molecule has 0 aliphatic heterocycles. The van der Waals surface area contributed by atoms with E-state index in [2.05, 4.69) is 30.8 Å². The van der Waals surface area contributed by atoms with Crippen molar-refractivity contribution in [3.05, 3.63) is 47.3 Å². The van der Waals surface area contributed by atoms with Crippen molar-refractivity contribution in [2.75, 3.05) is 5.32 Å². The van der Waals surface area contributed by atoms with Gasteiger partial charge in [0.25, 0.3) is 11.9 Å². The first kappa shape index (κ1) is 13.2. The van der Waals surface area contributed by atoms with E-state index in [0.29, 0.717) is 11.9 Å². The Bertz CT molecular complexity index is 744. The van der Waals surface area contributed by atoms with Crippen molar-refractivity contribution in [3.63, 3.8) is 0 Å². The van der Waals surface area contributed by atoms with Crippen molar-refractivity contribution in [1.29, 1.82) is 0 Å². The third-order valence-electron chi connectivity index (χ3n) is 2.98. The number of hydrogen-bond donors (Lipinski definition) is 1. The van der Waals surface area contributed by atoms with E-state index in [-0.39, 0.29) is 0 Å². The van der Waals surface area contributed by atoms with Gasteiger partial charge in [0, 0.05) is 11.4 Å². The Balaban J connectivity index is 1.81. The molecule has 0 spiro atoms. The maximum atomic E-state index is 4.30. The van der Waals surface area contributed by atoms with Crippen LogP contribution < -0.4 is 5.32 Å². The lowest BCUT2D eigenvalue weighted by atomic mass is 10.2. The van der Waals surface area contributed by atoms with Crippen LogP contribution in [0.5, 0.6) is 0 Å². The molecule has 21 heavy (non-hydrogen) atoms. The molecule has 0 radical (unpaired) electrons. The largest absolute Gasteiger partial charge is 0.322 e. The Morgan fingerprint density at radius 3 is 2.14 bits per heavy atom. The summed E-state index contributed by atoms with van der Waals surface area (Å²) in [6, 6.07) is 9.87. The SMILES string of the molecule is Cc1ccc(Nc2nnc(-n3nc(C)cc3C)nn2)cc1. The van der Waals surface area contributed by atoms with Crippen LogP contribution in [-0.2, 0) is 0 Å². The molecule has 0 unspecified atom stereocenters. The molecular weight excluding hydrogens is 266 g/mol. The van der Waals surface area contributed by atoms with Crippen LogP contribution in [-0.4, -0.2) is 30.2 Å². The van der Waals surface area contributed by atoms with Crippen molar-refractivity contribution >= 4 is 11.6 Å². The predicted octanol–water partition coefficient (Wildman–Crippen LogP) is 2.12. The van der Waals surface area contributed by atoms with Gasteiger partial charge in [0.05, 0.1) is 5.69 Å². The third kappa shape index (κ3) is 2.86. The van der Waals surface area contributed by atoms with E-state index in [1.807, 2.05) is 51.1 Å². The number of nitrogens with zero attached hydrogens (tertiary/aromatic N) is 6. The molecule has 106 valence electrons. The average Bonchev–Trinajstić information content (AvgIpc) is 2.81. The second-order valence-electron chi connectivity index (χ2n) is 4.85. The molecule has 0 aliphatic carbocycles. The van der Waals surface area contributed by atoms with Gasteiger partial charge < -0.3 is 5.32 Å². The molecule has 3 aromatic rings. The number of rotatable bonds is 3. The summed E-state index contributed by atoms with van der Waals surface area (Å²) in [6.07, 6.45) is 0. The fourth-order valence-corrected chi connectivity index (χ4v) is 1.96. The lowest BCUT2D eigenvalue weighted by molar-refractivity contribution is 0.713. The lowest BCUT2D eigenvalue weighted by Gasteiger charge is -2.04. The first-order chi connectivity index (χ1) is 10.1. The standard InChI is InChI=1S/C14H15N7/c1-9-4-6-12(7-5-9)15-13-16-18-14(19-17-13)21-11(3)8-10(2)20-21/h4-8H,1-3H3,(H,15,16,17). The van der Waals surface area contributed by atoms with E-state index in [4.69, 9.17) is 0 Å². The summed E-state index contributed by atoms with van der Waals surface area (Å²) < 4.78 is 1.62. The van der Waals surface area contributed by atoms with E-state index in [9.17, 15) is 0 Å². The predicted molar refractivity (Wildman–Crippen MR) is 78.7 cm³/mol. The van der Waals surface area contributed by atoms with Gasteiger partial charge in [-0.25, -0.2) is 4.68 Å². The molecule has 0 amide bonds. The van der Waals surface area contributed by atoms with Gasteiger partial charge in [-0.1, -0.05) is 17.7 Å². The van der Waals surface area contributed by atoms with Gasteiger partial charge in [-0.3, -0.25) is 0 Å². The zero-order valence-electron chi connectivity index (χ0n) is 12.1. The zero-order chi connectivity index (χ0) is 14.8. The highest BCUT2D eigenvalue weighted by Crippen LogP contribution is 2.13. The summed E-state index contributed by atoms with van der Waals surface area (Å²) in [7, 11) is 0. The molecule has 7 heteroatoms. The summed E-state index contributed by atoms with van der Waals surface area (Å²) in [6.45, 7) is 5.88. The Kier molecular flexibility index (Phi) is 3.31. The fraction of sp³-hybridized carbons (Fsp3) is 0.214. The average molecular weight is 281 g/mol. The Labute approximate surface area is 122 Å². The first-order valence-electron chi connectivity index (χ1n) is 6.56. The molecule has 0 saturated carbocycles. The first-order valence-corrected chi connectivity index (χ1v) is 6.56. The molecular formula is C14H15N7. The van der Waals surface area contributed by atoms with Crippen LogP contribution in [0.1, 0.15) is 17.0 Å². The molecule has 7 nitrogen and oxygen atoms in total. The summed E-state index contributed by atoms with van der Waals surface area (Å²) in [4.78, 5) is 0. The summed E-state index contributed by atoms with van der Waals surface area (Å²) in [5, 5.41) is 23.5. The summed E-state index contributed by atoms with van der Waals surface area (Å²) in [5.41, 5.74) is 3.92. The van der Waals surface area contributed by atoms with Crippen molar-refractivity contribution in [3.8, 4) is 5.95 Å². The van der Waals surface area contributed by atoms with Gasteiger partial charge in [0.15, 0.2) is 0 Å². The number of benzene rings is 1. The van der Waals surface area contributed by atoms with Gasteiger partial charge in [0.2, 0.25) is 0 Å². The summed E-state index contributed by atoms with van der Waals surface area (Å²) in [5.74, 6) is 0.708. The van der Waals surface area contributed by atoms with Crippen LogP contribution in [0, 0.1) is 20.8 Å². The monoisotopic (exact) mass is 281 g/mol. The second-order valence-corrected chi connectivity index (χ2v) is 4.85. The molecule has 0 atom stereocenters. The van der Waals surface area contributed by atoms with Crippen molar-refractivity contribution in [2.45, 2.75) is 20.8 Å². The van der Waals surface area contributed by atoms with Crippen LogP contribution in [0.3, 0.4) is 0 Å². The normalized spacial score (nSPS) is 10.6. The maximum absolute atomic E-state index is 4.30. The fourth-order valence-electron chi connectivity index (χ4n) is 1.96. The van der Waals surface area contributed by atoms with Gasteiger partial charge in [0.1, 0.15) is 0 Å². The molecule has 0 fully saturated rings. The van der Waals surface area contributed by atoms with Gasteiger partial charge in [-0.2, -0.15) is 5.10 Å². The van der Waals surface area contributed by atoms with Crippen molar-refractivity contribution < 1.29 is 0 Å². The number of hydrogen-bond acceptors (Lipinski definition) is 6.